The van der Waals surface area contributed by atoms with Crippen molar-refractivity contribution >= 4 is 29.6 Å². The van der Waals surface area contributed by atoms with Crippen molar-refractivity contribution in [2.24, 2.45) is 0 Å². The highest BCUT2D eigenvalue weighted by Crippen LogP contribution is 2.37. The molecule has 5 nitrogen and oxygen atoms in total. The van der Waals surface area contributed by atoms with Crippen LogP contribution in [0.2, 0.25) is 0 Å². The van der Waals surface area contributed by atoms with Crippen LogP contribution in [0.25, 0.3) is 10.9 Å². The molecule has 2 heterocycles. The largest absolute Gasteiger partial charge is 0.495 e. The van der Waals surface area contributed by atoms with Gasteiger partial charge in [0.1, 0.15) is 6.61 Å². The van der Waals surface area contributed by atoms with E-state index in [0.717, 1.165) is 21.9 Å². The molecule has 1 saturated heterocycles. The van der Waals surface area contributed by atoms with Gasteiger partial charge in [-0.15, -0.1) is 0 Å². The highest BCUT2D eigenvalue weighted by atomic mass is 16.7. The van der Waals surface area contributed by atoms with E-state index in [2.05, 4.69) is 0 Å². The molecule has 0 bridgehead atoms. The van der Waals surface area contributed by atoms with Crippen LogP contribution in [0.3, 0.4) is 0 Å². The monoisotopic (exact) mass is 377 g/mol. The van der Waals surface area contributed by atoms with E-state index in [4.69, 9.17) is 14.0 Å². The smallest absolute Gasteiger partial charge is 0.444 e. The summed E-state index contributed by atoms with van der Waals surface area (Å²) >= 11 is 0. The van der Waals surface area contributed by atoms with Gasteiger partial charge in [-0.1, -0.05) is 42.5 Å². The van der Waals surface area contributed by atoms with E-state index in [-0.39, 0.29) is 6.61 Å². The van der Waals surface area contributed by atoms with Gasteiger partial charge in [0.25, 0.3) is 0 Å². The predicted octanol–water partition coefficient (Wildman–Crippen LogP) is 4.13. The third kappa shape index (κ3) is 3.23. The number of hydrogen-bond acceptors (Lipinski definition) is 4. The van der Waals surface area contributed by atoms with Crippen LogP contribution in [-0.4, -0.2) is 29.0 Å². The van der Waals surface area contributed by atoms with Crippen molar-refractivity contribution in [1.29, 1.82) is 0 Å². The van der Waals surface area contributed by atoms with E-state index in [9.17, 15) is 4.79 Å². The number of ether oxygens (including phenoxy) is 1. The number of carbonyl (C=O) groups excluding carboxylic acids is 1. The van der Waals surface area contributed by atoms with Crippen LogP contribution < -0.4 is 5.46 Å². The Bertz CT molecular complexity index is 994. The number of benzene rings is 2. The highest BCUT2D eigenvalue weighted by Gasteiger charge is 2.52. The first-order valence-electron chi connectivity index (χ1n) is 9.45. The molecule has 1 aliphatic heterocycles. The Hall–Kier alpha value is -2.57. The molecule has 0 aliphatic carbocycles. The third-order valence-corrected chi connectivity index (χ3v) is 5.68. The molecule has 144 valence electrons. The minimum Gasteiger partial charge on any atom is -0.444 e. The molecule has 3 aromatic rings. The van der Waals surface area contributed by atoms with Gasteiger partial charge in [-0.05, 0) is 56.2 Å². The average molecular weight is 377 g/mol. The van der Waals surface area contributed by atoms with Crippen LogP contribution in [-0.2, 0) is 20.7 Å². The average Bonchev–Trinajstić information content (AvgIpc) is 3.18. The Morgan fingerprint density at radius 3 is 2.32 bits per heavy atom. The molecule has 0 atom stereocenters. The number of aromatic nitrogens is 1. The van der Waals surface area contributed by atoms with Gasteiger partial charge in [0.2, 0.25) is 0 Å². The van der Waals surface area contributed by atoms with Crippen molar-refractivity contribution in [1.82, 2.24) is 4.57 Å². The summed E-state index contributed by atoms with van der Waals surface area (Å²) in [6, 6.07) is 17.3. The van der Waals surface area contributed by atoms with E-state index in [1.807, 2.05) is 82.3 Å². The second kappa shape index (κ2) is 6.80. The number of nitrogens with zero attached hydrogens (tertiary/aromatic N) is 1. The summed E-state index contributed by atoms with van der Waals surface area (Å²) in [6.45, 7) is 8.34. The molecule has 0 radical (unpaired) electrons. The molecule has 1 fully saturated rings. The molecule has 0 N–H and O–H groups in total. The summed E-state index contributed by atoms with van der Waals surface area (Å²) in [5.74, 6) is 0. The van der Waals surface area contributed by atoms with Gasteiger partial charge in [-0.3, -0.25) is 4.57 Å². The van der Waals surface area contributed by atoms with E-state index in [1.165, 1.54) is 4.57 Å². The quantitative estimate of drug-likeness (QED) is 0.645. The van der Waals surface area contributed by atoms with Gasteiger partial charge in [-0.25, -0.2) is 4.79 Å². The lowest BCUT2D eigenvalue weighted by Gasteiger charge is -2.32. The maximum atomic E-state index is 12.6. The summed E-state index contributed by atoms with van der Waals surface area (Å²) in [4.78, 5) is 12.6. The SMILES string of the molecule is CC1(C)OB(c2cccc3c2ccn3C(=O)OCc2ccccc2)OC1(C)C. The molecule has 6 heteroatoms. The summed E-state index contributed by atoms with van der Waals surface area (Å²) in [5.41, 5.74) is 1.79. The summed E-state index contributed by atoms with van der Waals surface area (Å²) in [7, 11) is -0.482. The van der Waals surface area contributed by atoms with Crippen molar-refractivity contribution in [3.63, 3.8) is 0 Å². The van der Waals surface area contributed by atoms with E-state index >= 15 is 0 Å². The van der Waals surface area contributed by atoms with Crippen LogP contribution in [0.4, 0.5) is 4.79 Å². The van der Waals surface area contributed by atoms with Crippen LogP contribution in [0.5, 0.6) is 0 Å². The Balaban J connectivity index is 1.60. The van der Waals surface area contributed by atoms with Crippen LogP contribution in [0.1, 0.15) is 33.3 Å². The number of hydrogen-bond donors (Lipinski definition) is 0. The van der Waals surface area contributed by atoms with E-state index in [0.29, 0.717) is 0 Å². The minimum absolute atomic E-state index is 0.232. The van der Waals surface area contributed by atoms with E-state index in [1.54, 1.807) is 6.20 Å². The number of rotatable bonds is 3. The van der Waals surface area contributed by atoms with Crippen molar-refractivity contribution < 1.29 is 18.8 Å². The molecular weight excluding hydrogens is 353 g/mol. The summed E-state index contributed by atoms with van der Waals surface area (Å²) in [5, 5.41) is 0.915. The second-order valence-corrected chi connectivity index (χ2v) is 8.09. The van der Waals surface area contributed by atoms with Crippen LogP contribution >= 0.6 is 0 Å². The van der Waals surface area contributed by atoms with Gasteiger partial charge >= 0.3 is 13.2 Å². The fourth-order valence-corrected chi connectivity index (χ4v) is 3.32. The molecule has 0 amide bonds. The topological polar surface area (TPSA) is 49.7 Å². The van der Waals surface area contributed by atoms with Gasteiger partial charge in [0.15, 0.2) is 0 Å². The van der Waals surface area contributed by atoms with Gasteiger partial charge in [0.05, 0.1) is 16.7 Å². The number of carbonyl (C=O) groups is 1. The summed E-state index contributed by atoms with van der Waals surface area (Å²) < 4.78 is 19.4. The zero-order valence-corrected chi connectivity index (χ0v) is 16.6. The van der Waals surface area contributed by atoms with Crippen molar-refractivity contribution in [3.05, 3.63) is 66.4 Å². The molecule has 0 unspecified atom stereocenters. The molecule has 1 aromatic heterocycles. The van der Waals surface area contributed by atoms with Crippen LogP contribution in [0.15, 0.2) is 60.8 Å². The van der Waals surface area contributed by atoms with Crippen molar-refractivity contribution in [2.45, 2.75) is 45.5 Å². The molecule has 28 heavy (non-hydrogen) atoms. The Morgan fingerprint density at radius 2 is 1.64 bits per heavy atom. The van der Waals surface area contributed by atoms with Gasteiger partial charge < -0.3 is 14.0 Å². The number of fused-ring (bicyclic) bond motifs is 1. The fourth-order valence-electron chi connectivity index (χ4n) is 3.32. The van der Waals surface area contributed by atoms with Crippen molar-refractivity contribution in [2.75, 3.05) is 0 Å². The normalized spacial score (nSPS) is 17.8. The highest BCUT2D eigenvalue weighted by molar-refractivity contribution is 6.65. The Labute approximate surface area is 165 Å². The summed E-state index contributed by atoms with van der Waals surface area (Å²) in [6.07, 6.45) is 1.32. The maximum Gasteiger partial charge on any atom is 0.495 e. The molecule has 2 aromatic carbocycles. The van der Waals surface area contributed by atoms with E-state index < -0.39 is 24.4 Å². The lowest BCUT2D eigenvalue weighted by molar-refractivity contribution is 0.00578. The minimum atomic E-state index is -0.482. The lowest BCUT2D eigenvalue weighted by atomic mass is 9.77. The molecule has 4 rings (SSSR count). The first-order chi connectivity index (χ1) is 13.3. The third-order valence-electron chi connectivity index (χ3n) is 5.68. The Kier molecular flexibility index (Phi) is 4.56. The first kappa shape index (κ1) is 18.8. The van der Waals surface area contributed by atoms with Crippen LogP contribution in [0, 0.1) is 0 Å². The lowest BCUT2D eigenvalue weighted by Crippen LogP contribution is -2.41. The fraction of sp³-hybridized carbons (Fsp3) is 0.318. The zero-order chi connectivity index (χ0) is 19.9. The Morgan fingerprint density at radius 1 is 0.964 bits per heavy atom. The standard InChI is InChI=1S/C22H24BNO4/c1-21(2)22(3,4)28-23(27-21)18-11-8-12-19-17(18)13-14-24(19)20(25)26-15-16-9-6-5-7-10-16/h5-14H,15H2,1-4H3. The second-order valence-electron chi connectivity index (χ2n) is 8.09. The molecular formula is C22H24BNO4. The molecule has 0 saturated carbocycles. The van der Waals surface area contributed by atoms with Gasteiger partial charge in [0, 0.05) is 6.20 Å². The predicted molar refractivity (Wildman–Crippen MR) is 110 cm³/mol. The first-order valence-corrected chi connectivity index (χ1v) is 9.45. The van der Waals surface area contributed by atoms with Gasteiger partial charge in [-0.2, -0.15) is 0 Å². The van der Waals surface area contributed by atoms with Crippen molar-refractivity contribution in [3.8, 4) is 0 Å². The maximum absolute atomic E-state index is 12.6. The zero-order valence-electron chi connectivity index (χ0n) is 16.6. The molecule has 1 aliphatic rings. The molecule has 0 spiro atoms.